The molecule has 1 unspecified atom stereocenters. The second-order valence-electron chi connectivity index (χ2n) is 3.54. The van der Waals surface area contributed by atoms with Gasteiger partial charge in [0.05, 0.1) is 19.8 Å². The molecule has 0 bridgehead atoms. The van der Waals surface area contributed by atoms with E-state index in [-0.39, 0.29) is 25.6 Å². The zero-order valence-corrected chi connectivity index (χ0v) is 12.3. The van der Waals surface area contributed by atoms with Gasteiger partial charge in [-0.1, -0.05) is 6.92 Å². The standard InChI is InChI=1S/C11H19N2O5P/c1-4-9-18-19(15,17-6-3)13-8-7-12-10(13)11(14)16-5-2/h7-8H,4-6,9H2,1-3H3. The second-order valence-corrected chi connectivity index (χ2v) is 5.42. The van der Waals surface area contributed by atoms with Gasteiger partial charge in [0.25, 0.3) is 0 Å². The number of carbonyl (C=O) groups excluding carboxylic acids is 1. The van der Waals surface area contributed by atoms with Crippen molar-refractivity contribution in [2.75, 3.05) is 19.8 Å². The fraction of sp³-hybridized carbons (Fsp3) is 0.636. The zero-order valence-electron chi connectivity index (χ0n) is 11.4. The third kappa shape index (κ3) is 3.89. The van der Waals surface area contributed by atoms with Gasteiger partial charge in [0.15, 0.2) is 0 Å². The van der Waals surface area contributed by atoms with E-state index in [1.54, 1.807) is 13.8 Å². The molecule has 0 spiro atoms. The molecule has 0 saturated heterocycles. The average Bonchev–Trinajstić information content (AvgIpc) is 2.87. The van der Waals surface area contributed by atoms with Crippen LogP contribution in [-0.2, 0) is 18.3 Å². The summed E-state index contributed by atoms with van der Waals surface area (Å²) in [5.74, 6) is -0.748. The molecule has 1 aromatic rings. The minimum absolute atomic E-state index is 0.0882. The van der Waals surface area contributed by atoms with Gasteiger partial charge in [0, 0.05) is 12.4 Å². The lowest BCUT2D eigenvalue weighted by molar-refractivity contribution is 0.0508. The summed E-state index contributed by atoms with van der Waals surface area (Å²) in [4.78, 5) is 15.6. The van der Waals surface area contributed by atoms with Crippen LogP contribution in [-0.4, -0.2) is 35.1 Å². The fourth-order valence-electron chi connectivity index (χ4n) is 1.37. The number of carbonyl (C=O) groups is 1. The summed E-state index contributed by atoms with van der Waals surface area (Å²) >= 11 is 0. The van der Waals surface area contributed by atoms with Gasteiger partial charge in [-0.3, -0.25) is 9.05 Å². The molecule has 0 amide bonds. The predicted octanol–water partition coefficient (Wildman–Crippen LogP) is 2.48. The molecule has 1 heterocycles. The van der Waals surface area contributed by atoms with Gasteiger partial charge in [-0.2, -0.15) is 0 Å². The zero-order chi connectivity index (χ0) is 14.3. The van der Waals surface area contributed by atoms with Crippen LogP contribution in [0.5, 0.6) is 0 Å². The van der Waals surface area contributed by atoms with Crippen molar-refractivity contribution in [3.63, 3.8) is 0 Å². The summed E-state index contributed by atoms with van der Waals surface area (Å²) < 4.78 is 29.1. The topological polar surface area (TPSA) is 79.7 Å². The third-order valence-electron chi connectivity index (χ3n) is 2.09. The largest absolute Gasteiger partial charge is 0.460 e. The Morgan fingerprint density at radius 2 is 2.05 bits per heavy atom. The summed E-state index contributed by atoms with van der Waals surface area (Å²) in [6, 6.07) is 0. The van der Waals surface area contributed by atoms with E-state index in [2.05, 4.69) is 4.98 Å². The summed E-state index contributed by atoms with van der Waals surface area (Å²) in [5.41, 5.74) is 0. The summed E-state index contributed by atoms with van der Waals surface area (Å²) in [6.45, 7) is 5.93. The van der Waals surface area contributed by atoms with E-state index in [0.717, 1.165) is 4.34 Å². The Balaban J connectivity index is 3.06. The van der Waals surface area contributed by atoms with E-state index in [0.29, 0.717) is 6.42 Å². The van der Waals surface area contributed by atoms with Gasteiger partial charge in [-0.15, -0.1) is 0 Å². The Hall–Kier alpha value is -1.17. The highest BCUT2D eigenvalue weighted by Crippen LogP contribution is 2.50. The van der Waals surface area contributed by atoms with Crippen molar-refractivity contribution in [1.82, 2.24) is 9.32 Å². The molecule has 108 valence electrons. The van der Waals surface area contributed by atoms with E-state index in [9.17, 15) is 9.36 Å². The number of rotatable bonds is 8. The lowest BCUT2D eigenvalue weighted by Crippen LogP contribution is -2.15. The molecule has 0 aliphatic rings. The minimum Gasteiger partial charge on any atom is -0.460 e. The Kier molecular flexibility index (Phi) is 6.21. The maximum Gasteiger partial charge on any atom is 0.440 e. The van der Waals surface area contributed by atoms with Gasteiger partial charge in [0.1, 0.15) is 0 Å². The first-order valence-corrected chi connectivity index (χ1v) is 7.69. The molecule has 8 heteroatoms. The highest BCUT2D eigenvalue weighted by atomic mass is 31.2. The number of imidazole rings is 1. The van der Waals surface area contributed by atoms with Crippen molar-refractivity contribution in [1.29, 1.82) is 0 Å². The Morgan fingerprint density at radius 3 is 2.63 bits per heavy atom. The number of hydrogen-bond donors (Lipinski definition) is 0. The molecule has 19 heavy (non-hydrogen) atoms. The van der Waals surface area contributed by atoms with E-state index < -0.39 is 13.7 Å². The van der Waals surface area contributed by atoms with Gasteiger partial charge < -0.3 is 4.74 Å². The molecule has 7 nitrogen and oxygen atoms in total. The number of aromatic nitrogens is 2. The second kappa shape index (κ2) is 7.43. The molecule has 0 aliphatic carbocycles. The van der Waals surface area contributed by atoms with E-state index in [1.165, 1.54) is 12.4 Å². The van der Waals surface area contributed by atoms with Gasteiger partial charge in [0.2, 0.25) is 5.82 Å². The monoisotopic (exact) mass is 290 g/mol. The van der Waals surface area contributed by atoms with E-state index >= 15 is 0 Å². The van der Waals surface area contributed by atoms with Crippen LogP contribution in [0.2, 0.25) is 0 Å². The van der Waals surface area contributed by atoms with Crippen LogP contribution in [0.25, 0.3) is 0 Å². The highest BCUT2D eigenvalue weighted by molar-refractivity contribution is 7.52. The van der Waals surface area contributed by atoms with Crippen LogP contribution >= 0.6 is 7.75 Å². The first-order valence-electron chi connectivity index (χ1n) is 6.19. The van der Waals surface area contributed by atoms with Crippen LogP contribution in [0.4, 0.5) is 0 Å². The van der Waals surface area contributed by atoms with Gasteiger partial charge >= 0.3 is 13.7 Å². The Morgan fingerprint density at radius 1 is 1.32 bits per heavy atom. The molecular weight excluding hydrogens is 271 g/mol. The van der Waals surface area contributed by atoms with Crippen molar-refractivity contribution < 1.29 is 23.1 Å². The van der Waals surface area contributed by atoms with Gasteiger partial charge in [-0.05, 0) is 20.3 Å². The highest BCUT2D eigenvalue weighted by Gasteiger charge is 2.32. The first-order chi connectivity index (χ1) is 9.09. The van der Waals surface area contributed by atoms with Crippen molar-refractivity contribution in [2.45, 2.75) is 27.2 Å². The van der Waals surface area contributed by atoms with E-state index in [1.807, 2.05) is 6.92 Å². The normalized spacial score (nSPS) is 14.1. The molecular formula is C11H19N2O5P. The van der Waals surface area contributed by atoms with Crippen LogP contribution in [0.15, 0.2) is 12.4 Å². The number of hydrogen-bond acceptors (Lipinski definition) is 6. The summed E-state index contributed by atoms with van der Waals surface area (Å²) in [7, 11) is -3.60. The van der Waals surface area contributed by atoms with E-state index in [4.69, 9.17) is 13.8 Å². The molecule has 0 aliphatic heterocycles. The van der Waals surface area contributed by atoms with Crippen LogP contribution in [0.3, 0.4) is 0 Å². The molecule has 0 radical (unpaired) electrons. The van der Waals surface area contributed by atoms with Crippen molar-refractivity contribution in [3.8, 4) is 0 Å². The quantitative estimate of drug-likeness (QED) is 0.540. The first kappa shape index (κ1) is 15.9. The number of ether oxygens (including phenoxy) is 1. The Bertz CT molecular complexity index is 460. The number of esters is 1. The molecule has 0 saturated carbocycles. The van der Waals surface area contributed by atoms with Crippen molar-refractivity contribution in [2.24, 2.45) is 0 Å². The molecule has 0 aromatic carbocycles. The van der Waals surface area contributed by atoms with Crippen LogP contribution in [0, 0.1) is 0 Å². The summed E-state index contributed by atoms with van der Waals surface area (Å²) in [5, 5.41) is 0. The molecule has 1 atom stereocenters. The molecule has 0 N–H and O–H groups in total. The fourth-order valence-corrected chi connectivity index (χ4v) is 3.02. The number of nitrogens with zero attached hydrogens (tertiary/aromatic N) is 2. The van der Waals surface area contributed by atoms with Crippen molar-refractivity contribution >= 4 is 13.7 Å². The minimum atomic E-state index is -3.60. The Labute approximate surface area is 112 Å². The molecule has 0 fully saturated rings. The van der Waals surface area contributed by atoms with Crippen LogP contribution < -0.4 is 0 Å². The van der Waals surface area contributed by atoms with Gasteiger partial charge in [-0.25, -0.2) is 18.7 Å². The lowest BCUT2D eigenvalue weighted by Gasteiger charge is -2.19. The predicted molar refractivity (Wildman–Crippen MR) is 69.1 cm³/mol. The maximum atomic E-state index is 12.6. The SMILES string of the molecule is CCCOP(=O)(OCC)n1ccnc1C(=O)OCC. The molecule has 1 rings (SSSR count). The van der Waals surface area contributed by atoms with Crippen molar-refractivity contribution in [3.05, 3.63) is 18.2 Å². The smallest absolute Gasteiger partial charge is 0.440 e. The maximum absolute atomic E-state index is 12.6. The summed E-state index contributed by atoms with van der Waals surface area (Å²) in [6.07, 6.45) is 3.42. The third-order valence-corrected chi connectivity index (χ3v) is 4.04. The van der Waals surface area contributed by atoms with Crippen LogP contribution in [0.1, 0.15) is 37.8 Å². The molecule has 1 aromatic heterocycles. The average molecular weight is 290 g/mol. The lowest BCUT2D eigenvalue weighted by atomic mass is 10.5.